The van der Waals surface area contributed by atoms with Gasteiger partial charge in [-0.15, -0.1) is 0 Å². The van der Waals surface area contributed by atoms with E-state index < -0.39 is 12.1 Å². The van der Waals surface area contributed by atoms with Crippen molar-refractivity contribution in [3.63, 3.8) is 0 Å². The highest BCUT2D eigenvalue weighted by molar-refractivity contribution is 5.76. The molecule has 2 unspecified atom stereocenters. The molecule has 0 spiro atoms. The molecule has 0 aliphatic carbocycles. The summed E-state index contributed by atoms with van der Waals surface area (Å²) in [5.41, 5.74) is 0. The van der Waals surface area contributed by atoms with Gasteiger partial charge in [0.15, 0.2) is 0 Å². The van der Waals surface area contributed by atoms with Gasteiger partial charge in [0, 0.05) is 6.42 Å². The van der Waals surface area contributed by atoms with Gasteiger partial charge < -0.3 is 15.5 Å². The zero-order valence-electron chi connectivity index (χ0n) is 37.7. The third-order valence-corrected chi connectivity index (χ3v) is 11.4. The monoisotopic (exact) mass is 784 g/mol. The molecule has 2 atom stereocenters. The van der Waals surface area contributed by atoms with E-state index in [1.807, 2.05) is 0 Å². The van der Waals surface area contributed by atoms with Crippen LogP contribution in [0, 0.1) is 0 Å². The van der Waals surface area contributed by atoms with Crippen molar-refractivity contribution >= 4 is 5.91 Å². The molecule has 0 heterocycles. The van der Waals surface area contributed by atoms with Crippen molar-refractivity contribution in [2.24, 2.45) is 0 Å². The Kier molecular flexibility index (Phi) is 46.3. The highest BCUT2D eigenvalue weighted by atomic mass is 16.3. The molecule has 3 N–H and O–H groups in total. The van der Waals surface area contributed by atoms with Crippen LogP contribution in [-0.4, -0.2) is 34.9 Å². The van der Waals surface area contributed by atoms with E-state index in [0.717, 1.165) is 51.4 Å². The first-order valence-corrected chi connectivity index (χ1v) is 24.8. The molecule has 0 fully saturated rings. The second kappa shape index (κ2) is 47.7. The third-order valence-electron chi connectivity index (χ3n) is 11.4. The number of amides is 1. The number of carbonyl (C=O) groups is 1. The van der Waals surface area contributed by atoms with E-state index in [1.54, 1.807) is 0 Å². The first-order chi connectivity index (χ1) is 27.7. The van der Waals surface area contributed by atoms with Gasteiger partial charge in [-0.05, 0) is 51.4 Å². The number of nitrogens with one attached hydrogen (secondary N) is 1. The molecule has 0 rings (SSSR count). The number of unbranched alkanes of at least 4 members (excludes halogenated alkanes) is 30. The Morgan fingerprint density at radius 2 is 0.786 bits per heavy atom. The Hall–Kier alpha value is -1.65. The van der Waals surface area contributed by atoms with E-state index in [-0.39, 0.29) is 12.5 Å². The molecule has 4 nitrogen and oxygen atoms in total. The van der Waals surface area contributed by atoms with Crippen molar-refractivity contribution in [3.8, 4) is 0 Å². The molecule has 1 amide bonds. The predicted molar refractivity (Wildman–Crippen MR) is 248 cm³/mol. The number of hydrogen-bond donors (Lipinski definition) is 3. The second-order valence-corrected chi connectivity index (χ2v) is 16.9. The fraction of sp³-hybridized carbons (Fsp3) is 0.827. The van der Waals surface area contributed by atoms with Crippen molar-refractivity contribution in [1.82, 2.24) is 5.32 Å². The molecule has 0 aromatic heterocycles. The van der Waals surface area contributed by atoms with Crippen molar-refractivity contribution in [1.29, 1.82) is 0 Å². The standard InChI is InChI=1S/C52H97NO3/c1-3-5-7-9-11-13-15-17-19-21-23-25-26-28-29-31-33-35-37-39-41-43-45-47-51(55)50(49-54)53-52(56)48-46-44-42-40-38-36-34-32-30-27-24-22-20-18-16-14-12-10-8-6-4-2/h6,8,12,14,18,20,24,27,50-51,54-55H,3-5,7,9-11,13,15-17,19,21-23,25-26,28-49H2,1-2H3,(H,53,56)/b8-6-,14-12-,20-18-,27-24-. The summed E-state index contributed by atoms with van der Waals surface area (Å²) >= 11 is 0. The summed E-state index contributed by atoms with van der Waals surface area (Å²) < 4.78 is 0. The Bertz CT molecular complexity index is 893. The summed E-state index contributed by atoms with van der Waals surface area (Å²) in [7, 11) is 0. The first kappa shape index (κ1) is 54.3. The number of aliphatic hydroxyl groups excluding tert-OH is 2. The Labute approximate surface area is 350 Å². The third kappa shape index (κ3) is 43.5. The topological polar surface area (TPSA) is 69.6 Å². The van der Waals surface area contributed by atoms with Crippen LogP contribution in [0.3, 0.4) is 0 Å². The van der Waals surface area contributed by atoms with Gasteiger partial charge in [-0.2, -0.15) is 0 Å². The minimum Gasteiger partial charge on any atom is -0.394 e. The normalized spacial score (nSPS) is 13.3. The fourth-order valence-electron chi connectivity index (χ4n) is 7.59. The first-order valence-electron chi connectivity index (χ1n) is 24.8. The highest BCUT2D eigenvalue weighted by Crippen LogP contribution is 2.17. The van der Waals surface area contributed by atoms with Gasteiger partial charge in [0.25, 0.3) is 0 Å². The molecule has 0 bridgehead atoms. The maximum Gasteiger partial charge on any atom is 0.220 e. The molecule has 0 saturated heterocycles. The number of hydrogen-bond acceptors (Lipinski definition) is 3. The van der Waals surface area contributed by atoms with E-state index in [0.29, 0.717) is 12.8 Å². The lowest BCUT2D eigenvalue weighted by atomic mass is 10.0. The molecule has 56 heavy (non-hydrogen) atoms. The van der Waals surface area contributed by atoms with E-state index >= 15 is 0 Å². The summed E-state index contributed by atoms with van der Waals surface area (Å²) in [5.74, 6) is -0.0386. The molecule has 4 heteroatoms. The second-order valence-electron chi connectivity index (χ2n) is 16.9. The minimum absolute atomic E-state index is 0.0386. The molecule has 0 aromatic carbocycles. The number of aliphatic hydroxyl groups is 2. The van der Waals surface area contributed by atoms with Gasteiger partial charge in [0.2, 0.25) is 5.91 Å². The van der Waals surface area contributed by atoms with Crippen LogP contribution in [-0.2, 0) is 4.79 Å². The van der Waals surface area contributed by atoms with Crippen LogP contribution < -0.4 is 5.32 Å². The lowest BCUT2D eigenvalue weighted by Crippen LogP contribution is -2.45. The number of allylic oxidation sites excluding steroid dienone is 8. The average molecular weight is 784 g/mol. The largest absolute Gasteiger partial charge is 0.394 e. The fourth-order valence-corrected chi connectivity index (χ4v) is 7.59. The minimum atomic E-state index is -0.665. The molecule has 0 saturated carbocycles. The van der Waals surface area contributed by atoms with Gasteiger partial charge in [-0.1, -0.05) is 249 Å². The summed E-state index contributed by atoms with van der Waals surface area (Å²) in [4.78, 5) is 12.4. The van der Waals surface area contributed by atoms with Crippen molar-refractivity contribution in [2.45, 2.75) is 270 Å². The van der Waals surface area contributed by atoms with Gasteiger partial charge in [-0.3, -0.25) is 4.79 Å². The maximum atomic E-state index is 12.4. The van der Waals surface area contributed by atoms with Crippen LogP contribution in [0.25, 0.3) is 0 Å². The quantitative estimate of drug-likeness (QED) is 0.0425. The molecule has 0 radical (unpaired) electrons. The molecule has 0 aliphatic heterocycles. The van der Waals surface area contributed by atoms with E-state index in [4.69, 9.17) is 0 Å². The van der Waals surface area contributed by atoms with Crippen molar-refractivity contribution < 1.29 is 15.0 Å². The Balaban J connectivity index is 3.50. The van der Waals surface area contributed by atoms with Gasteiger partial charge in [-0.25, -0.2) is 0 Å². The Morgan fingerprint density at radius 1 is 0.446 bits per heavy atom. The van der Waals surface area contributed by atoms with Crippen LogP contribution in [0.4, 0.5) is 0 Å². The lowest BCUT2D eigenvalue weighted by molar-refractivity contribution is -0.123. The van der Waals surface area contributed by atoms with E-state index in [1.165, 1.54) is 180 Å². The molecule has 328 valence electrons. The predicted octanol–water partition coefficient (Wildman–Crippen LogP) is 15.9. The number of carbonyl (C=O) groups excluding carboxylic acids is 1. The summed E-state index contributed by atoms with van der Waals surface area (Å²) in [5, 5.41) is 23.3. The molecule has 0 aromatic rings. The smallest absolute Gasteiger partial charge is 0.220 e. The Morgan fingerprint density at radius 3 is 1.18 bits per heavy atom. The van der Waals surface area contributed by atoms with Crippen LogP contribution in [0.2, 0.25) is 0 Å². The zero-order chi connectivity index (χ0) is 40.7. The van der Waals surface area contributed by atoms with Crippen LogP contribution in [0.1, 0.15) is 258 Å². The summed E-state index contributed by atoms with van der Waals surface area (Å²) in [6, 6.07) is -0.543. The number of rotatable bonds is 45. The molecule has 0 aliphatic rings. The van der Waals surface area contributed by atoms with Crippen molar-refractivity contribution in [2.75, 3.05) is 6.61 Å². The molecular formula is C52H97NO3. The lowest BCUT2D eigenvalue weighted by Gasteiger charge is -2.22. The van der Waals surface area contributed by atoms with Gasteiger partial charge in [0.05, 0.1) is 18.8 Å². The van der Waals surface area contributed by atoms with Crippen LogP contribution in [0.5, 0.6) is 0 Å². The van der Waals surface area contributed by atoms with Gasteiger partial charge in [0.1, 0.15) is 0 Å². The molecular weight excluding hydrogens is 687 g/mol. The highest BCUT2D eigenvalue weighted by Gasteiger charge is 2.20. The van der Waals surface area contributed by atoms with Crippen LogP contribution in [0.15, 0.2) is 48.6 Å². The SMILES string of the molecule is CC/C=C\C/C=C\C/C=C\C/C=C\CCCCCCCCCCC(=O)NC(CO)C(O)CCCCCCCCCCCCCCCCCCCCCCCCC. The average Bonchev–Trinajstić information content (AvgIpc) is 3.20. The maximum absolute atomic E-state index is 12.4. The van der Waals surface area contributed by atoms with Crippen LogP contribution >= 0.6 is 0 Å². The zero-order valence-corrected chi connectivity index (χ0v) is 37.7. The summed E-state index contributed by atoms with van der Waals surface area (Å²) in [6.07, 6.45) is 64.9. The van der Waals surface area contributed by atoms with Crippen molar-refractivity contribution in [3.05, 3.63) is 48.6 Å². The summed E-state index contributed by atoms with van der Waals surface area (Å²) in [6.45, 7) is 4.26. The van der Waals surface area contributed by atoms with E-state index in [2.05, 4.69) is 67.8 Å². The van der Waals surface area contributed by atoms with E-state index in [9.17, 15) is 15.0 Å². The van der Waals surface area contributed by atoms with Gasteiger partial charge >= 0.3 is 0 Å².